The number of aliphatic hydroxyl groups is 1. The molecule has 9 heteroatoms. The summed E-state index contributed by atoms with van der Waals surface area (Å²) >= 11 is 0. The van der Waals surface area contributed by atoms with Crippen LogP contribution < -0.4 is 5.73 Å². The molecule has 0 aliphatic heterocycles. The van der Waals surface area contributed by atoms with E-state index >= 15 is 0 Å². The highest BCUT2D eigenvalue weighted by atomic mass is 32.2. The smallest absolute Gasteiger partial charge is 0.246 e. The number of aliphatic hydroxyl groups excluding tert-OH is 1. The summed E-state index contributed by atoms with van der Waals surface area (Å²) in [5, 5.41) is 8.89. The summed E-state index contributed by atoms with van der Waals surface area (Å²) in [6.45, 7) is -0.683. The Bertz CT molecular complexity index is 566. The second-order valence-electron chi connectivity index (χ2n) is 3.92. The largest absolute Gasteiger partial charge is 0.396 e. The number of anilines is 1. The number of sulfonamides is 1. The van der Waals surface area contributed by atoms with Crippen molar-refractivity contribution in [1.29, 1.82) is 0 Å². The van der Waals surface area contributed by atoms with Gasteiger partial charge in [-0.2, -0.15) is 4.31 Å². The van der Waals surface area contributed by atoms with E-state index in [1.165, 1.54) is 7.11 Å². The van der Waals surface area contributed by atoms with Crippen LogP contribution >= 0.6 is 0 Å². The molecule has 3 N–H and O–H groups in total. The van der Waals surface area contributed by atoms with Crippen molar-refractivity contribution < 1.29 is 27.0 Å². The quantitative estimate of drug-likeness (QED) is 0.701. The van der Waals surface area contributed by atoms with Gasteiger partial charge >= 0.3 is 0 Å². The molecule has 20 heavy (non-hydrogen) atoms. The Labute approximate surface area is 115 Å². The van der Waals surface area contributed by atoms with Crippen LogP contribution in [-0.2, 0) is 14.8 Å². The van der Waals surface area contributed by atoms with E-state index in [0.717, 1.165) is 10.4 Å². The lowest BCUT2D eigenvalue weighted by atomic mass is 10.3. The third-order valence-electron chi connectivity index (χ3n) is 2.56. The molecule has 0 aliphatic rings. The number of halogens is 2. The van der Waals surface area contributed by atoms with Crippen LogP contribution in [0.15, 0.2) is 17.0 Å². The molecule has 0 atom stereocenters. The zero-order valence-electron chi connectivity index (χ0n) is 10.8. The van der Waals surface area contributed by atoms with Crippen LogP contribution in [0.25, 0.3) is 0 Å². The van der Waals surface area contributed by atoms with Gasteiger partial charge in [-0.1, -0.05) is 0 Å². The average molecular weight is 310 g/mol. The number of methoxy groups -OCH3 is 1. The SMILES string of the molecule is COCCN(CCO)S(=O)(=O)c1cc(N)c(F)cc1F. The summed E-state index contributed by atoms with van der Waals surface area (Å²) in [7, 11) is -2.86. The first-order valence-corrected chi connectivity index (χ1v) is 7.13. The van der Waals surface area contributed by atoms with Crippen molar-refractivity contribution in [2.45, 2.75) is 4.90 Å². The topological polar surface area (TPSA) is 92.9 Å². The van der Waals surface area contributed by atoms with Crippen molar-refractivity contribution in [2.24, 2.45) is 0 Å². The summed E-state index contributed by atoms with van der Waals surface area (Å²) in [6, 6.07) is 1.13. The first-order valence-electron chi connectivity index (χ1n) is 5.69. The molecule has 0 aromatic heterocycles. The lowest BCUT2D eigenvalue weighted by Gasteiger charge is -2.21. The molecular weight excluding hydrogens is 294 g/mol. The Hall–Kier alpha value is -1.29. The number of nitrogen functional groups attached to an aromatic ring is 1. The molecule has 1 aromatic rings. The van der Waals surface area contributed by atoms with E-state index in [-0.39, 0.29) is 19.7 Å². The number of ether oxygens (including phenoxy) is 1. The van der Waals surface area contributed by atoms with E-state index in [9.17, 15) is 17.2 Å². The Morgan fingerprint density at radius 3 is 2.50 bits per heavy atom. The van der Waals surface area contributed by atoms with Gasteiger partial charge in [0.05, 0.1) is 18.9 Å². The van der Waals surface area contributed by atoms with Gasteiger partial charge in [-0.25, -0.2) is 17.2 Å². The van der Waals surface area contributed by atoms with Crippen LogP contribution in [0, 0.1) is 11.6 Å². The molecule has 1 rings (SSSR count). The molecule has 0 spiro atoms. The van der Waals surface area contributed by atoms with E-state index < -0.39 is 38.8 Å². The molecule has 0 amide bonds. The molecule has 1 aromatic carbocycles. The second-order valence-corrected chi connectivity index (χ2v) is 5.83. The first kappa shape index (κ1) is 16.8. The predicted octanol–water partition coefficient (Wildman–Crippen LogP) is 0.176. The minimum atomic E-state index is -4.23. The predicted molar refractivity (Wildman–Crippen MR) is 68.5 cm³/mol. The lowest BCUT2D eigenvalue weighted by molar-refractivity contribution is 0.168. The van der Waals surface area contributed by atoms with Gasteiger partial charge in [-0.15, -0.1) is 0 Å². The maximum absolute atomic E-state index is 13.7. The van der Waals surface area contributed by atoms with Crippen LogP contribution in [0.1, 0.15) is 0 Å². The maximum atomic E-state index is 13.7. The van der Waals surface area contributed by atoms with Gasteiger partial charge in [-0.05, 0) is 6.07 Å². The summed E-state index contributed by atoms with van der Waals surface area (Å²) in [5.41, 5.74) is 4.79. The van der Waals surface area contributed by atoms with E-state index in [2.05, 4.69) is 0 Å². The van der Waals surface area contributed by atoms with Gasteiger partial charge in [0.2, 0.25) is 10.0 Å². The number of nitrogens with zero attached hydrogens (tertiary/aromatic N) is 1. The molecule has 114 valence electrons. The second kappa shape index (κ2) is 6.93. The van der Waals surface area contributed by atoms with E-state index in [1.807, 2.05) is 0 Å². The van der Waals surface area contributed by atoms with Crippen molar-refractivity contribution >= 4 is 15.7 Å². The molecule has 0 bridgehead atoms. The van der Waals surface area contributed by atoms with Crippen LogP contribution in [0.5, 0.6) is 0 Å². The van der Waals surface area contributed by atoms with E-state index in [1.54, 1.807) is 0 Å². The van der Waals surface area contributed by atoms with Crippen LogP contribution in [-0.4, -0.2) is 51.2 Å². The van der Waals surface area contributed by atoms with E-state index in [4.69, 9.17) is 15.6 Å². The Kier molecular flexibility index (Phi) is 5.81. The maximum Gasteiger partial charge on any atom is 0.246 e. The minimum Gasteiger partial charge on any atom is -0.396 e. The van der Waals surface area contributed by atoms with Gasteiger partial charge < -0.3 is 15.6 Å². The highest BCUT2D eigenvalue weighted by molar-refractivity contribution is 7.89. The van der Waals surface area contributed by atoms with Crippen molar-refractivity contribution in [2.75, 3.05) is 39.1 Å². The fraction of sp³-hybridized carbons (Fsp3) is 0.455. The van der Waals surface area contributed by atoms with Crippen LogP contribution in [0.2, 0.25) is 0 Å². The minimum absolute atomic E-state index is 0.0670. The number of hydrogen-bond acceptors (Lipinski definition) is 5. The zero-order chi connectivity index (χ0) is 15.3. The van der Waals surface area contributed by atoms with Gasteiger partial charge in [0.15, 0.2) is 0 Å². The standard InChI is InChI=1S/C11H16F2N2O4S/c1-19-5-3-15(2-4-16)20(17,18)11-7-10(14)8(12)6-9(11)13/h6-7,16H,2-5,14H2,1H3. The average Bonchev–Trinajstić information content (AvgIpc) is 2.38. The number of benzene rings is 1. The molecule has 0 unspecified atom stereocenters. The monoisotopic (exact) mass is 310 g/mol. The Morgan fingerprint density at radius 1 is 1.30 bits per heavy atom. The van der Waals surface area contributed by atoms with Gasteiger partial charge in [0, 0.05) is 26.3 Å². The number of hydrogen-bond donors (Lipinski definition) is 2. The van der Waals surface area contributed by atoms with Crippen LogP contribution in [0.4, 0.5) is 14.5 Å². The zero-order valence-corrected chi connectivity index (χ0v) is 11.7. The molecule has 6 nitrogen and oxygen atoms in total. The normalized spacial score (nSPS) is 12.1. The molecular formula is C11H16F2N2O4S. The molecule has 0 saturated carbocycles. The Morgan fingerprint density at radius 2 is 1.95 bits per heavy atom. The molecule has 0 fully saturated rings. The van der Waals surface area contributed by atoms with Crippen molar-refractivity contribution in [1.82, 2.24) is 4.31 Å². The van der Waals surface area contributed by atoms with Crippen molar-refractivity contribution in [3.05, 3.63) is 23.8 Å². The molecule has 0 saturated heterocycles. The van der Waals surface area contributed by atoms with Crippen LogP contribution in [0.3, 0.4) is 0 Å². The first-order chi connectivity index (χ1) is 9.34. The third kappa shape index (κ3) is 3.63. The third-order valence-corrected chi connectivity index (χ3v) is 4.48. The molecule has 0 radical (unpaired) electrons. The van der Waals surface area contributed by atoms with Crippen molar-refractivity contribution in [3.8, 4) is 0 Å². The number of nitrogens with two attached hydrogens (primary N) is 1. The van der Waals surface area contributed by atoms with Gasteiger partial charge in [0.1, 0.15) is 16.5 Å². The fourth-order valence-electron chi connectivity index (χ4n) is 1.54. The number of rotatable bonds is 7. The fourth-order valence-corrected chi connectivity index (χ4v) is 3.03. The van der Waals surface area contributed by atoms with E-state index in [0.29, 0.717) is 6.07 Å². The highest BCUT2D eigenvalue weighted by Crippen LogP contribution is 2.23. The van der Waals surface area contributed by atoms with Crippen molar-refractivity contribution in [3.63, 3.8) is 0 Å². The molecule has 0 heterocycles. The van der Waals surface area contributed by atoms with Gasteiger partial charge in [0.25, 0.3) is 0 Å². The summed E-state index contributed by atoms with van der Waals surface area (Å²) < 4.78 is 56.8. The summed E-state index contributed by atoms with van der Waals surface area (Å²) in [4.78, 5) is -0.735. The Balaban J connectivity index is 3.22. The summed E-state index contributed by atoms with van der Waals surface area (Å²) in [5.74, 6) is -2.27. The van der Waals surface area contributed by atoms with Gasteiger partial charge in [-0.3, -0.25) is 0 Å². The molecule has 0 aliphatic carbocycles. The lowest BCUT2D eigenvalue weighted by Crippen LogP contribution is -2.36. The highest BCUT2D eigenvalue weighted by Gasteiger charge is 2.28. The summed E-state index contributed by atoms with van der Waals surface area (Å²) in [6.07, 6.45) is 0.